The standard InChI is InChI=1S/C18H26N2O4S/c1-12-9-13(2)18(14(3)10-12)20(15(4)21)7-5-17(22)19-16-6-8-25(23,24)11-16/h9-10,16H,5-8,11H2,1-4H3,(H,19,22). The lowest BCUT2D eigenvalue weighted by atomic mass is 10.0. The van der Waals surface area contributed by atoms with Gasteiger partial charge in [-0.1, -0.05) is 17.7 Å². The van der Waals surface area contributed by atoms with Gasteiger partial charge < -0.3 is 10.2 Å². The Morgan fingerprint density at radius 3 is 2.28 bits per heavy atom. The number of carbonyl (C=O) groups is 2. The van der Waals surface area contributed by atoms with Gasteiger partial charge in [-0.15, -0.1) is 0 Å². The molecule has 138 valence electrons. The fraction of sp³-hybridized carbons (Fsp3) is 0.556. The van der Waals surface area contributed by atoms with Crippen molar-refractivity contribution in [3.05, 3.63) is 28.8 Å². The second-order valence-electron chi connectivity index (χ2n) is 6.84. The largest absolute Gasteiger partial charge is 0.352 e. The van der Waals surface area contributed by atoms with E-state index in [9.17, 15) is 18.0 Å². The van der Waals surface area contributed by atoms with Crippen LogP contribution in [-0.4, -0.2) is 44.3 Å². The van der Waals surface area contributed by atoms with E-state index in [-0.39, 0.29) is 42.3 Å². The van der Waals surface area contributed by atoms with Crippen LogP contribution in [0, 0.1) is 20.8 Å². The van der Waals surface area contributed by atoms with Gasteiger partial charge in [-0.3, -0.25) is 9.59 Å². The van der Waals surface area contributed by atoms with Crippen molar-refractivity contribution in [2.24, 2.45) is 0 Å². The van der Waals surface area contributed by atoms with E-state index in [0.29, 0.717) is 6.42 Å². The minimum atomic E-state index is -3.02. The monoisotopic (exact) mass is 366 g/mol. The SMILES string of the molecule is CC(=O)N(CCC(=O)NC1CCS(=O)(=O)C1)c1c(C)cc(C)cc1C. The number of nitrogens with zero attached hydrogens (tertiary/aromatic N) is 1. The first-order chi connectivity index (χ1) is 11.6. The molecule has 2 rings (SSSR count). The zero-order chi connectivity index (χ0) is 18.8. The quantitative estimate of drug-likeness (QED) is 0.859. The van der Waals surface area contributed by atoms with Crippen molar-refractivity contribution in [2.45, 2.75) is 46.6 Å². The van der Waals surface area contributed by atoms with Crippen molar-refractivity contribution in [3.8, 4) is 0 Å². The van der Waals surface area contributed by atoms with Gasteiger partial charge in [0.2, 0.25) is 11.8 Å². The Morgan fingerprint density at radius 1 is 1.20 bits per heavy atom. The Labute approximate surface area is 149 Å². The van der Waals surface area contributed by atoms with E-state index in [0.717, 1.165) is 22.4 Å². The van der Waals surface area contributed by atoms with Crippen LogP contribution < -0.4 is 10.2 Å². The number of amides is 2. The van der Waals surface area contributed by atoms with Crippen LogP contribution in [0.1, 0.15) is 36.5 Å². The van der Waals surface area contributed by atoms with Crippen molar-refractivity contribution in [1.29, 1.82) is 0 Å². The predicted molar refractivity (Wildman–Crippen MR) is 98.5 cm³/mol. The summed E-state index contributed by atoms with van der Waals surface area (Å²) in [6, 6.07) is 3.72. The fourth-order valence-electron chi connectivity index (χ4n) is 3.45. The van der Waals surface area contributed by atoms with Gasteiger partial charge in [-0.05, 0) is 38.3 Å². The third-order valence-corrected chi connectivity index (χ3v) is 6.21. The van der Waals surface area contributed by atoms with E-state index in [4.69, 9.17) is 0 Å². The second kappa shape index (κ2) is 7.56. The molecule has 1 fully saturated rings. The highest BCUT2D eigenvalue weighted by molar-refractivity contribution is 7.91. The van der Waals surface area contributed by atoms with E-state index < -0.39 is 9.84 Å². The van der Waals surface area contributed by atoms with Crippen molar-refractivity contribution in [1.82, 2.24) is 5.32 Å². The molecule has 0 saturated carbocycles. The number of sulfone groups is 1. The van der Waals surface area contributed by atoms with E-state index in [1.165, 1.54) is 6.92 Å². The first-order valence-corrected chi connectivity index (χ1v) is 10.3. The van der Waals surface area contributed by atoms with E-state index in [1.807, 2.05) is 32.9 Å². The number of carbonyl (C=O) groups excluding carboxylic acids is 2. The minimum absolute atomic E-state index is 0.00530. The molecule has 7 heteroatoms. The van der Waals surface area contributed by atoms with Crippen LogP contribution in [0.25, 0.3) is 0 Å². The molecule has 25 heavy (non-hydrogen) atoms. The Morgan fingerprint density at radius 2 is 1.80 bits per heavy atom. The number of rotatable bonds is 5. The third kappa shape index (κ3) is 5.04. The molecule has 1 N–H and O–H groups in total. The van der Waals surface area contributed by atoms with E-state index in [1.54, 1.807) is 4.90 Å². The van der Waals surface area contributed by atoms with Gasteiger partial charge in [0.05, 0.1) is 11.5 Å². The highest BCUT2D eigenvalue weighted by atomic mass is 32.2. The number of nitrogens with one attached hydrogen (secondary N) is 1. The van der Waals surface area contributed by atoms with E-state index >= 15 is 0 Å². The molecule has 0 aromatic heterocycles. The molecule has 0 radical (unpaired) electrons. The van der Waals surface area contributed by atoms with Gasteiger partial charge in [0.1, 0.15) is 0 Å². The number of hydrogen-bond acceptors (Lipinski definition) is 4. The van der Waals surface area contributed by atoms with Crippen LogP contribution in [0.15, 0.2) is 12.1 Å². The molecule has 1 aliphatic rings. The molecule has 2 amide bonds. The highest BCUT2D eigenvalue weighted by Gasteiger charge is 2.29. The Bertz CT molecular complexity index is 763. The summed E-state index contributed by atoms with van der Waals surface area (Å²) in [5.41, 5.74) is 3.96. The molecule has 1 saturated heterocycles. The maximum absolute atomic E-state index is 12.1. The molecule has 0 bridgehead atoms. The van der Waals surface area contributed by atoms with Gasteiger partial charge in [-0.2, -0.15) is 0 Å². The molecule has 1 aliphatic heterocycles. The molecular formula is C18H26N2O4S. The minimum Gasteiger partial charge on any atom is -0.352 e. The number of aryl methyl sites for hydroxylation is 3. The molecule has 0 spiro atoms. The maximum Gasteiger partial charge on any atom is 0.223 e. The molecular weight excluding hydrogens is 340 g/mol. The molecule has 1 aromatic rings. The summed E-state index contributed by atoms with van der Waals surface area (Å²) >= 11 is 0. The predicted octanol–water partition coefficient (Wildman–Crippen LogP) is 1.66. The lowest BCUT2D eigenvalue weighted by Gasteiger charge is -2.25. The van der Waals surface area contributed by atoms with Crippen molar-refractivity contribution < 1.29 is 18.0 Å². The van der Waals surface area contributed by atoms with Crippen LogP contribution >= 0.6 is 0 Å². The van der Waals surface area contributed by atoms with E-state index in [2.05, 4.69) is 5.32 Å². The highest BCUT2D eigenvalue weighted by Crippen LogP contribution is 2.26. The first kappa shape index (κ1) is 19.4. The van der Waals surface area contributed by atoms with Crippen molar-refractivity contribution in [2.75, 3.05) is 23.0 Å². The first-order valence-electron chi connectivity index (χ1n) is 8.45. The lowest BCUT2D eigenvalue weighted by Crippen LogP contribution is -2.39. The van der Waals surface area contributed by atoms with Crippen LogP contribution in [0.2, 0.25) is 0 Å². The van der Waals surface area contributed by atoms with Gasteiger partial charge >= 0.3 is 0 Å². The number of hydrogen-bond donors (Lipinski definition) is 1. The average Bonchev–Trinajstić information content (AvgIpc) is 2.79. The van der Waals surface area contributed by atoms with Gasteiger partial charge in [0.25, 0.3) is 0 Å². The molecule has 1 aromatic carbocycles. The normalized spacial score (nSPS) is 18.8. The van der Waals surface area contributed by atoms with Crippen LogP contribution in [0.3, 0.4) is 0 Å². The summed E-state index contributed by atoms with van der Waals surface area (Å²) in [4.78, 5) is 25.9. The van der Waals surface area contributed by atoms with Crippen molar-refractivity contribution in [3.63, 3.8) is 0 Å². The Hall–Kier alpha value is -1.89. The van der Waals surface area contributed by atoms with Gasteiger partial charge in [0, 0.05) is 31.6 Å². The summed E-state index contributed by atoms with van der Waals surface area (Å²) in [5, 5.41) is 2.76. The van der Waals surface area contributed by atoms with Crippen molar-refractivity contribution >= 4 is 27.3 Å². The van der Waals surface area contributed by atoms with Crippen LogP contribution in [0.4, 0.5) is 5.69 Å². The zero-order valence-electron chi connectivity index (χ0n) is 15.3. The molecule has 6 nitrogen and oxygen atoms in total. The Balaban J connectivity index is 2.03. The summed E-state index contributed by atoms with van der Waals surface area (Å²) in [6.07, 6.45) is 0.601. The lowest BCUT2D eigenvalue weighted by molar-refractivity contribution is -0.121. The summed E-state index contributed by atoms with van der Waals surface area (Å²) in [5.74, 6) is -0.216. The maximum atomic E-state index is 12.1. The Kier molecular flexibility index (Phi) is 5.87. The fourth-order valence-corrected chi connectivity index (χ4v) is 5.12. The summed E-state index contributed by atoms with van der Waals surface area (Å²) in [7, 11) is -3.02. The van der Waals surface area contributed by atoms with Gasteiger partial charge in [-0.25, -0.2) is 8.42 Å². The number of benzene rings is 1. The zero-order valence-corrected chi connectivity index (χ0v) is 16.1. The summed E-state index contributed by atoms with van der Waals surface area (Å²) < 4.78 is 22.9. The third-order valence-electron chi connectivity index (χ3n) is 4.45. The molecule has 0 aliphatic carbocycles. The average molecular weight is 366 g/mol. The number of anilines is 1. The smallest absolute Gasteiger partial charge is 0.223 e. The molecule has 1 unspecified atom stereocenters. The second-order valence-corrected chi connectivity index (χ2v) is 9.06. The molecule has 1 atom stereocenters. The van der Waals surface area contributed by atoms with Gasteiger partial charge in [0.15, 0.2) is 9.84 Å². The van der Waals surface area contributed by atoms with Crippen LogP contribution in [0.5, 0.6) is 0 Å². The molecule has 1 heterocycles. The topological polar surface area (TPSA) is 83.6 Å². The van der Waals surface area contributed by atoms with Crippen LogP contribution in [-0.2, 0) is 19.4 Å². The summed E-state index contributed by atoms with van der Waals surface area (Å²) in [6.45, 7) is 7.67.